The van der Waals surface area contributed by atoms with Crippen molar-refractivity contribution in [2.45, 2.75) is 91.0 Å². The molecule has 134 valence electrons. The molecule has 0 radical (unpaired) electrons. The Balaban J connectivity index is 1.57. The van der Waals surface area contributed by atoms with Crippen LogP contribution in [0.25, 0.3) is 10.4 Å². The predicted molar refractivity (Wildman–Crippen MR) is 98.4 cm³/mol. The Kier molecular flexibility index (Phi) is 4.15. The number of hydrogen-bond donors (Lipinski definition) is 0. The van der Waals surface area contributed by atoms with Gasteiger partial charge in [-0.15, -0.1) is 0 Å². The molecule has 24 heavy (non-hydrogen) atoms. The first-order chi connectivity index (χ1) is 11.5. The second-order valence-electron chi connectivity index (χ2n) is 10.0. The molecule has 0 N–H and O–H groups in total. The Labute approximate surface area is 147 Å². The van der Waals surface area contributed by atoms with Gasteiger partial charge in [0.25, 0.3) is 0 Å². The van der Waals surface area contributed by atoms with Crippen molar-refractivity contribution in [1.82, 2.24) is 0 Å². The van der Waals surface area contributed by atoms with Gasteiger partial charge < -0.3 is 0 Å². The Morgan fingerprint density at radius 1 is 0.958 bits per heavy atom. The third kappa shape index (κ3) is 2.26. The van der Waals surface area contributed by atoms with Crippen molar-refractivity contribution in [3.63, 3.8) is 0 Å². The number of rotatable bonds is 2. The summed E-state index contributed by atoms with van der Waals surface area (Å²) in [5.74, 6) is 4.70. The average Bonchev–Trinajstić information content (AvgIpc) is 2.92. The molecule has 0 spiro atoms. The van der Waals surface area contributed by atoms with Crippen molar-refractivity contribution in [1.29, 1.82) is 0 Å². The summed E-state index contributed by atoms with van der Waals surface area (Å²) in [6.07, 6.45) is 13.7. The molecule has 4 fully saturated rings. The first kappa shape index (κ1) is 16.8. The van der Waals surface area contributed by atoms with Crippen LogP contribution in [-0.4, -0.2) is 6.04 Å². The van der Waals surface area contributed by atoms with Crippen LogP contribution in [-0.2, 0) is 0 Å². The van der Waals surface area contributed by atoms with Crippen molar-refractivity contribution in [3.8, 4) is 0 Å². The van der Waals surface area contributed by atoms with Gasteiger partial charge in [-0.05, 0) is 104 Å². The van der Waals surface area contributed by atoms with E-state index in [1.54, 1.807) is 0 Å². The molecule has 0 saturated heterocycles. The first-order valence-corrected chi connectivity index (χ1v) is 10.6. The molecule has 8 atom stereocenters. The number of fused-ring (bicyclic) bond motifs is 5. The number of nitrogens with zero attached hydrogens (tertiary/aromatic N) is 3. The van der Waals surface area contributed by atoms with E-state index in [4.69, 9.17) is 5.53 Å². The van der Waals surface area contributed by atoms with Gasteiger partial charge in [-0.3, -0.25) is 0 Å². The van der Waals surface area contributed by atoms with E-state index >= 15 is 0 Å². The van der Waals surface area contributed by atoms with Gasteiger partial charge in [0.1, 0.15) is 0 Å². The zero-order valence-corrected chi connectivity index (χ0v) is 15.9. The fraction of sp³-hybridized carbons (Fsp3) is 1.00. The fourth-order valence-corrected chi connectivity index (χ4v) is 8.19. The first-order valence-electron chi connectivity index (χ1n) is 10.6. The summed E-state index contributed by atoms with van der Waals surface area (Å²) in [5, 5.41) is 4.08. The van der Waals surface area contributed by atoms with E-state index in [1.165, 1.54) is 51.4 Å². The summed E-state index contributed by atoms with van der Waals surface area (Å²) in [6, 6.07) is 0.273. The minimum atomic E-state index is 0.273. The summed E-state index contributed by atoms with van der Waals surface area (Å²) in [7, 11) is 0. The maximum atomic E-state index is 8.80. The van der Waals surface area contributed by atoms with E-state index in [9.17, 15) is 0 Å². The minimum Gasteiger partial charge on any atom is -0.0906 e. The number of hydrogen-bond acceptors (Lipinski definition) is 1. The molecule has 0 aromatic rings. The van der Waals surface area contributed by atoms with Gasteiger partial charge in [0.15, 0.2) is 0 Å². The lowest BCUT2D eigenvalue weighted by Gasteiger charge is -2.61. The zero-order valence-electron chi connectivity index (χ0n) is 15.9. The predicted octanol–water partition coefficient (Wildman–Crippen LogP) is 6.73. The van der Waals surface area contributed by atoms with Gasteiger partial charge in [-0.25, -0.2) is 0 Å². The maximum Gasteiger partial charge on any atom is 0.0377 e. The lowest BCUT2D eigenvalue weighted by molar-refractivity contribution is -0.113. The Morgan fingerprint density at radius 2 is 1.71 bits per heavy atom. The van der Waals surface area contributed by atoms with Crippen molar-refractivity contribution in [3.05, 3.63) is 10.4 Å². The normalized spacial score (nSPS) is 53.5. The average molecular weight is 330 g/mol. The largest absolute Gasteiger partial charge is 0.0906 e. The molecule has 0 bridgehead atoms. The highest BCUT2D eigenvalue weighted by Crippen LogP contribution is 2.67. The van der Waals surface area contributed by atoms with Crippen molar-refractivity contribution in [2.75, 3.05) is 0 Å². The molecule has 3 heteroatoms. The lowest BCUT2D eigenvalue weighted by Crippen LogP contribution is -2.53. The highest BCUT2D eigenvalue weighted by atomic mass is 15.1. The standard InChI is InChI=1S/C21H35N3/c1-4-14-6-8-18-17-7-5-15-13-16(23-24-22)9-11-21(15,3)19(17)10-12-20(14,18)2/h14-19H,4-13H2,1-3H3/t14-,15-,16+,17-,18-,19-,20+,21-/m0/s1. The van der Waals surface area contributed by atoms with Gasteiger partial charge in [0, 0.05) is 11.0 Å². The molecule has 0 unspecified atom stereocenters. The van der Waals surface area contributed by atoms with Crippen LogP contribution in [0.5, 0.6) is 0 Å². The second kappa shape index (κ2) is 5.94. The third-order valence-electron chi connectivity index (χ3n) is 9.54. The monoisotopic (exact) mass is 329 g/mol. The molecule has 4 aliphatic rings. The minimum absolute atomic E-state index is 0.273. The van der Waals surface area contributed by atoms with E-state index in [0.717, 1.165) is 42.4 Å². The van der Waals surface area contributed by atoms with Crippen LogP contribution in [0.2, 0.25) is 0 Å². The SMILES string of the molecule is CC[C@H]1CC[C@H]2[C@@H]3CC[C@H]4C[C@H](N=[N+]=[N-])CC[C@]4(C)[C@H]3CC[C@]12C. The summed E-state index contributed by atoms with van der Waals surface area (Å²) >= 11 is 0. The summed E-state index contributed by atoms with van der Waals surface area (Å²) in [4.78, 5) is 3.10. The quantitative estimate of drug-likeness (QED) is 0.306. The highest BCUT2D eigenvalue weighted by Gasteiger charge is 2.59. The number of azide groups is 1. The fourth-order valence-electron chi connectivity index (χ4n) is 8.19. The molecule has 4 saturated carbocycles. The maximum absolute atomic E-state index is 8.80. The van der Waals surface area contributed by atoms with Crippen molar-refractivity contribution < 1.29 is 0 Å². The molecule has 4 rings (SSSR count). The van der Waals surface area contributed by atoms with Crippen LogP contribution in [0, 0.1) is 40.4 Å². The van der Waals surface area contributed by atoms with Crippen LogP contribution in [0.3, 0.4) is 0 Å². The van der Waals surface area contributed by atoms with E-state index in [2.05, 4.69) is 30.8 Å². The highest BCUT2D eigenvalue weighted by molar-refractivity contribution is 5.09. The van der Waals surface area contributed by atoms with Crippen molar-refractivity contribution in [2.24, 2.45) is 45.5 Å². The van der Waals surface area contributed by atoms with Gasteiger partial charge in [-0.1, -0.05) is 32.3 Å². The third-order valence-corrected chi connectivity index (χ3v) is 9.54. The van der Waals surface area contributed by atoms with Gasteiger partial charge >= 0.3 is 0 Å². The summed E-state index contributed by atoms with van der Waals surface area (Å²) in [5.41, 5.74) is 9.97. The molecular weight excluding hydrogens is 294 g/mol. The molecule has 0 amide bonds. The van der Waals surface area contributed by atoms with Crippen LogP contribution in [0.4, 0.5) is 0 Å². The molecule has 0 aliphatic heterocycles. The van der Waals surface area contributed by atoms with Crippen molar-refractivity contribution >= 4 is 0 Å². The summed E-state index contributed by atoms with van der Waals surface area (Å²) in [6.45, 7) is 7.66. The van der Waals surface area contributed by atoms with Crippen LogP contribution >= 0.6 is 0 Å². The molecular formula is C21H35N3. The van der Waals surface area contributed by atoms with E-state index in [-0.39, 0.29) is 6.04 Å². The van der Waals surface area contributed by atoms with E-state index in [1.807, 2.05) is 0 Å². The molecule has 3 nitrogen and oxygen atoms in total. The summed E-state index contributed by atoms with van der Waals surface area (Å²) < 4.78 is 0. The van der Waals surface area contributed by atoms with Crippen LogP contribution in [0.1, 0.15) is 85.0 Å². The van der Waals surface area contributed by atoms with Crippen LogP contribution in [0.15, 0.2) is 5.11 Å². The second-order valence-corrected chi connectivity index (χ2v) is 10.0. The Bertz CT molecular complexity index is 539. The lowest BCUT2D eigenvalue weighted by atomic mass is 9.44. The van der Waals surface area contributed by atoms with Gasteiger partial charge in [0.05, 0.1) is 0 Å². The van der Waals surface area contributed by atoms with Gasteiger partial charge in [-0.2, -0.15) is 0 Å². The zero-order chi connectivity index (χ0) is 16.9. The molecule has 0 heterocycles. The Morgan fingerprint density at radius 3 is 2.46 bits per heavy atom. The van der Waals surface area contributed by atoms with Crippen LogP contribution < -0.4 is 0 Å². The molecule has 4 aliphatic carbocycles. The Hall–Kier alpha value is -0.690. The van der Waals surface area contributed by atoms with E-state index in [0.29, 0.717) is 10.8 Å². The molecule has 0 aromatic carbocycles. The molecule has 0 aromatic heterocycles. The van der Waals surface area contributed by atoms with Gasteiger partial charge in [0.2, 0.25) is 0 Å². The smallest absolute Gasteiger partial charge is 0.0377 e. The van der Waals surface area contributed by atoms with E-state index < -0.39 is 0 Å². The topological polar surface area (TPSA) is 48.8 Å².